The lowest BCUT2D eigenvalue weighted by molar-refractivity contribution is 0.251. The van der Waals surface area contributed by atoms with Crippen molar-refractivity contribution in [3.8, 4) is 0 Å². The number of nitrogens with zero attached hydrogens (tertiary/aromatic N) is 3. The maximum Gasteiger partial charge on any atom is 0.193 e. The molecule has 1 N–H and O–H groups in total. The van der Waals surface area contributed by atoms with Crippen LogP contribution in [0.1, 0.15) is 49.8 Å². The van der Waals surface area contributed by atoms with E-state index in [4.69, 9.17) is 4.99 Å². The van der Waals surface area contributed by atoms with Gasteiger partial charge in [-0.05, 0) is 58.2 Å². The van der Waals surface area contributed by atoms with Gasteiger partial charge in [0.2, 0.25) is 0 Å². The third kappa shape index (κ3) is 4.29. The molecule has 0 aliphatic carbocycles. The van der Waals surface area contributed by atoms with Crippen LogP contribution in [0.4, 0.5) is 0 Å². The molecule has 1 aromatic rings. The molecule has 4 nitrogen and oxygen atoms in total. The SMILES string of the molecule is CCNC(=NCC(c1ccc(C)cc1)N1CCCC1)N1CCCC1. The minimum Gasteiger partial charge on any atom is -0.357 e. The van der Waals surface area contributed by atoms with Crippen molar-refractivity contribution in [2.45, 2.75) is 45.6 Å². The Bertz CT molecular complexity index is 525. The first-order valence-corrected chi connectivity index (χ1v) is 9.62. The summed E-state index contributed by atoms with van der Waals surface area (Å²) in [4.78, 5) is 10.1. The molecule has 0 radical (unpaired) electrons. The number of hydrogen-bond acceptors (Lipinski definition) is 2. The molecule has 2 saturated heterocycles. The van der Waals surface area contributed by atoms with E-state index in [1.807, 2.05) is 0 Å². The molecule has 0 amide bonds. The summed E-state index contributed by atoms with van der Waals surface area (Å²) >= 11 is 0. The largest absolute Gasteiger partial charge is 0.357 e. The molecule has 0 bridgehead atoms. The Balaban J connectivity index is 1.76. The molecular formula is C20H32N4. The first-order valence-electron chi connectivity index (χ1n) is 9.62. The van der Waals surface area contributed by atoms with Crippen molar-refractivity contribution < 1.29 is 0 Å². The first kappa shape index (κ1) is 17.3. The number of benzene rings is 1. The van der Waals surface area contributed by atoms with Crippen LogP contribution < -0.4 is 5.32 Å². The second kappa shape index (κ2) is 8.52. The number of aliphatic imine (C=N–C) groups is 1. The fourth-order valence-electron chi connectivity index (χ4n) is 3.80. The smallest absolute Gasteiger partial charge is 0.193 e. The molecule has 2 aliphatic rings. The van der Waals surface area contributed by atoms with Gasteiger partial charge in [0.1, 0.15) is 0 Å². The van der Waals surface area contributed by atoms with Gasteiger partial charge in [-0.2, -0.15) is 0 Å². The van der Waals surface area contributed by atoms with Crippen LogP contribution >= 0.6 is 0 Å². The molecule has 2 fully saturated rings. The lowest BCUT2D eigenvalue weighted by Gasteiger charge is -2.28. The van der Waals surface area contributed by atoms with Crippen molar-refractivity contribution in [1.29, 1.82) is 0 Å². The van der Waals surface area contributed by atoms with Gasteiger partial charge >= 0.3 is 0 Å². The van der Waals surface area contributed by atoms with E-state index in [9.17, 15) is 0 Å². The van der Waals surface area contributed by atoms with E-state index in [0.717, 1.165) is 32.1 Å². The minimum atomic E-state index is 0.407. The Morgan fingerprint density at radius 3 is 2.29 bits per heavy atom. The van der Waals surface area contributed by atoms with Crippen LogP contribution in [-0.4, -0.2) is 55.0 Å². The van der Waals surface area contributed by atoms with Crippen LogP contribution in [-0.2, 0) is 0 Å². The highest BCUT2D eigenvalue weighted by Gasteiger charge is 2.24. The summed E-state index contributed by atoms with van der Waals surface area (Å²) < 4.78 is 0. The molecule has 3 rings (SSSR count). The van der Waals surface area contributed by atoms with E-state index < -0.39 is 0 Å². The fraction of sp³-hybridized carbons (Fsp3) is 0.650. The van der Waals surface area contributed by atoms with E-state index in [-0.39, 0.29) is 0 Å². The maximum atomic E-state index is 5.03. The van der Waals surface area contributed by atoms with E-state index in [1.54, 1.807) is 0 Å². The van der Waals surface area contributed by atoms with Crippen LogP contribution in [0.5, 0.6) is 0 Å². The second-order valence-corrected chi connectivity index (χ2v) is 7.06. The van der Waals surface area contributed by atoms with E-state index in [1.165, 1.54) is 49.9 Å². The Labute approximate surface area is 146 Å². The molecule has 132 valence electrons. The molecule has 1 aromatic carbocycles. The van der Waals surface area contributed by atoms with Gasteiger partial charge in [-0.15, -0.1) is 0 Å². The van der Waals surface area contributed by atoms with Crippen LogP contribution in [0.3, 0.4) is 0 Å². The first-order chi connectivity index (χ1) is 11.8. The van der Waals surface area contributed by atoms with Crippen molar-refractivity contribution in [1.82, 2.24) is 15.1 Å². The van der Waals surface area contributed by atoms with Crippen LogP contribution in [0.15, 0.2) is 29.3 Å². The average Bonchev–Trinajstić information content (AvgIpc) is 3.29. The molecule has 0 aromatic heterocycles. The van der Waals surface area contributed by atoms with Crippen molar-refractivity contribution in [3.63, 3.8) is 0 Å². The van der Waals surface area contributed by atoms with E-state index >= 15 is 0 Å². The molecule has 0 saturated carbocycles. The molecule has 4 heteroatoms. The van der Waals surface area contributed by atoms with Crippen molar-refractivity contribution in [2.24, 2.45) is 4.99 Å². The summed E-state index contributed by atoms with van der Waals surface area (Å²) in [5, 5.41) is 3.49. The number of guanidine groups is 1. The summed E-state index contributed by atoms with van der Waals surface area (Å²) in [6.07, 6.45) is 5.21. The van der Waals surface area contributed by atoms with Gasteiger partial charge in [-0.25, -0.2) is 0 Å². The molecule has 1 unspecified atom stereocenters. The molecule has 2 aliphatic heterocycles. The molecular weight excluding hydrogens is 296 g/mol. The Kier molecular flexibility index (Phi) is 6.13. The zero-order valence-corrected chi connectivity index (χ0v) is 15.3. The topological polar surface area (TPSA) is 30.9 Å². The lowest BCUT2D eigenvalue weighted by atomic mass is 10.0. The third-order valence-corrected chi connectivity index (χ3v) is 5.20. The number of rotatable bonds is 5. The predicted molar refractivity (Wildman–Crippen MR) is 102 cm³/mol. The second-order valence-electron chi connectivity index (χ2n) is 7.06. The number of nitrogens with one attached hydrogen (secondary N) is 1. The lowest BCUT2D eigenvalue weighted by Crippen LogP contribution is -2.40. The van der Waals surface area contributed by atoms with Crippen LogP contribution in [0.25, 0.3) is 0 Å². The van der Waals surface area contributed by atoms with Gasteiger partial charge in [0.15, 0.2) is 5.96 Å². The highest BCUT2D eigenvalue weighted by Crippen LogP contribution is 2.26. The van der Waals surface area contributed by atoms with Crippen LogP contribution in [0.2, 0.25) is 0 Å². The van der Waals surface area contributed by atoms with Crippen molar-refractivity contribution in [2.75, 3.05) is 39.3 Å². The Hall–Kier alpha value is -1.55. The van der Waals surface area contributed by atoms with Gasteiger partial charge in [0.05, 0.1) is 12.6 Å². The summed E-state index contributed by atoms with van der Waals surface area (Å²) in [6.45, 7) is 10.8. The molecule has 1 atom stereocenters. The summed E-state index contributed by atoms with van der Waals surface area (Å²) in [5.41, 5.74) is 2.73. The summed E-state index contributed by atoms with van der Waals surface area (Å²) in [7, 11) is 0. The Morgan fingerprint density at radius 2 is 1.67 bits per heavy atom. The van der Waals surface area contributed by atoms with Crippen LogP contribution in [0, 0.1) is 6.92 Å². The third-order valence-electron chi connectivity index (χ3n) is 5.20. The molecule has 0 spiro atoms. The van der Waals surface area contributed by atoms with E-state index in [2.05, 4.69) is 53.2 Å². The Morgan fingerprint density at radius 1 is 1.04 bits per heavy atom. The number of likely N-dealkylation sites (tertiary alicyclic amines) is 2. The highest BCUT2D eigenvalue weighted by molar-refractivity contribution is 5.80. The number of hydrogen-bond donors (Lipinski definition) is 1. The minimum absolute atomic E-state index is 0.407. The highest BCUT2D eigenvalue weighted by atomic mass is 15.3. The standard InChI is InChI=1S/C20H32N4/c1-3-21-20(24-14-6-7-15-24)22-16-19(23-12-4-5-13-23)18-10-8-17(2)9-11-18/h8-11,19H,3-7,12-16H2,1-2H3,(H,21,22). The average molecular weight is 329 g/mol. The zero-order chi connectivity index (χ0) is 16.8. The normalized spacial score (nSPS) is 20.6. The van der Waals surface area contributed by atoms with Gasteiger partial charge in [-0.3, -0.25) is 9.89 Å². The zero-order valence-electron chi connectivity index (χ0n) is 15.3. The maximum absolute atomic E-state index is 5.03. The predicted octanol–water partition coefficient (Wildman–Crippen LogP) is 3.19. The fourth-order valence-corrected chi connectivity index (χ4v) is 3.80. The van der Waals surface area contributed by atoms with Gasteiger partial charge < -0.3 is 10.2 Å². The molecule has 24 heavy (non-hydrogen) atoms. The quantitative estimate of drug-likeness (QED) is 0.665. The van der Waals surface area contributed by atoms with Gasteiger partial charge in [0.25, 0.3) is 0 Å². The van der Waals surface area contributed by atoms with E-state index in [0.29, 0.717) is 6.04 Å². The number of aryl methyl sites for hydroxylation is 1. The van der Waals surface area contributed by atoms with Gasteiger partial charge in [-0.1, -0.05) is 29.8 Å². The van der Waals surface area contributed by atoms with Crippen molar-refractivity contribution in [3.05, 3.63) is 35.4 Å². The monoisotopic (exact) mass is 328 g/mol. The summed E-state index contributed by atoms with van der Waals surface area (Å²) in [6, 6.07) is 9.44. The van der Waals surface area contributed by atoms with Crippen molar-refractivity contribution >= 4 is 5.96 Å². The van der Waals surface area contributed by atoms with Gasteiger partial charge in [0, 0.05) is 19.6 Å². The summed E-state index contributed by atoms with van der Waals surface area (Å²) in [5.74, 6) is 1.10. The molecule has 2 heterocycles.